The Morgan fingerprint density at radius 2 is 1.95 bits per heavy atom. The van der Waals surface area contributed by atoms with E-state index >= 15 is 0 Å². The monoisotopic (exact) mass is 303 g/mol. The maximum atomic E-state index is 12.1. The molecule has 1 heterocycles. The SMILES string of the molecule is CN(C)Cc1ccccc1CNC(=O)c1ccnc(Cl)c1. The molecule has 5 heteroatoms. The Bertz CT molecular complexity index is 628. The van der Waals surface area contributed by atoms with Crippen LogP contribution in [0.5, 0.6) is 0 Å². The quantitative estimate of drug-likeness (QED) is 0.864. The number of halogens is 1. The first-order valence-electron chi connectivity index (χ1n) is 6.67. The minimum absolute atomic E-state index is 0.154. The number of benzene rings is 1. The van der Waals surface area contributed by atoms with E-state index in [1.54, 1.807) is 12.1 Å². The summed E-state index contributed by atoms with van der Waals surface area (Å²) in [5, 5.41) is 3.23. The maximum absolute atomic E-state index is 12.1. The Morgan fingerprint density at radius 3 is 2.62 bits per heavy atom. The van der Waals surface area contributed by atoms with Gasteiger partial charge in [0.1, 0.15) is 5.15 Å². The van der Waals surface area contributed by atoms with Crippen molar-refractivity contribution in [3.63, 3.8) is 0 Å². The lowest BCUT2D eigenvalue weighted by Gasteiger charge is -2.14. The topological polar surface area (TPSA) is 45.2 Å². The smallest absolute Gasteiger partial charge is 0.251 e. The summed E-state index contributed by atoms with van der Waals surface area (Å²) in [5.41, 5.74) is 2.83. The molecule has 0 radical (unpaired) electrons. The lowest BCUT2D eigenvalue weighted by atomic mass is 10.1. The van der Waals surface area contributed by atoms with E-state index in [0.29, 0.717) is 17.3 Å². The second-order valence-electron chi connectivity index (χ2n) is 5.06. The van der Waals surface area contributed by atoms with Crippen LogP contribution in [0.15, 0.2) is 42.6 Å². The predicted octanol–water partition coefficient (Wildman–Crippen LogP) is 2.73. The summed E-state index contributed by atoms with van der Waals surface area (Å²) in [4.78, 5) is 18.1. The van der Waals surface area contributed by atoms with Gasteiger partial charge in [-0.15, -0.1) is 0 Å². The molecule has 2 rings (SSSR count). The van der Waals surface area contributed by atoms with Gasteiger partial charge < -0.3 is 10.2 Å². The Hall–Kier alpha value is -1.91. The maximum Gasteiger partial charge on any atom is 0.251 e. The highest BCUT2D eigenvalue weighted by molar-refractivity contribution is 6.29. The summed E-state index contributed by atoms with van der Waals surface area (Å²) in [5.74, 6) is -0.154. The van der Waals surface area contributed by atoms with Crippen LogP contribution < -0.4 is 5.32 Å². The second kappa shape index (κ2) is 7.20. The van der Waals surface area contributed by atoms with Crippen LogP contribution in [-0.4, -0.2) is 29.9 Å². The van der Waals surface area contributed by atoms with Crippen molar-refractivity contribution in [1.29, 1.82) is 0 Å². The van der Waals surface area contributed by atoms with E-state index in [4.69, 9.17) is 11.6 Å². The standard InChI is InChI=1S/C16H18ClN3O/c1-20(2)11-14-6-4-3-5-13(14)10-19-16(21)12-7-8-18-15(17)9-12/h3-9H,10-11H2,1-2H3,(H,19,21). The number of aromatic nitrogens is 1. The van der Waals surface area contributed by atoms with Crippen molar-refractivity contribution in [3.8, 4) is 0 Å². The fourth-order valence-corrected chi connectivity index (χ4v) is 2.22. The van der Waals surface area contributed by atoms with E-state index in [1.165, 1.54) is 11.8 Å². The van der Waals surface area contributed by atoms with Crippen LogP contribution in [0.25, 0.3) is 0 Å². The lowest BCUT2D eigenvalue weighted by Crippen LogP contribution is -2.24. The highest BCUT2D eigenvalue weighted by Gasteiger charge is 2.08. The normalized spacial score (nSPS) is 10.7. The van der Waals surface area contributed by atoms with Gasteiger partial charge in [-0.25, -0.2) is 4.98 Å². The minimum atomic E-state index is -0.154. The predicted molar refractivity (Wildman–Crippen MR) is 84.3 cm³/mol. The summed E-state index contributed by atoms with van der Waals surface area (Å²) in [7, 11) is 4.04. The zero-order valence-electron chi connectivity index (χ0n) is 12.1. The van der Waals surface area contributed by atoms with Gasteiger partial charge in [0.15, 0.2) is 0 Å². The van der Waals surface area contributed by atoms with Gasteiger partial charge in [0.2, 0.25) is 0 Å². The van der Waals surface area contributed by atoms with E-state index in [1.807, 2.05) is 32.3 Å². The molecular weight excluding hydrogens is 286 g/mol. The zero-order valence-corrected chi connectivity index (χ0v) is 12.9. The fraction of sp³-hybridized carbons (Fsp3) is 0.250. The first-order valence-corrected chi connectivity index (χ1v) is 7.05. The molecular formula is C16H18ClN3O. The number of carbonyl (C=O) groups excluding carboxylic acids is 1. The van der Waals surface area contributed by atoms with Crippen LogP contribution in [0.1, 0.15) is 21.5 Å². The van der Waals surface area contributed by atoms with Crippen molar-refractivity contribution in [2.24, 2.45) is 0 Å². The zero-order chi connectivity index (χ0) is 15.2. The second-order valence-corrected chi connectivity index (χ2v) is 5.44. The third kappa shape index (κ3) is 4.55. The number of amides is 1. The van der Waals surface area contributed by atoms with Crippen molar-refractivity contribution in [1.82, 2.24) is 15.2 Å². The van der Waals surface area contributed by atoms with Gasteiger partial charge in [-0.1, -0.05) is 35.9 Å². The highest BCUT2D eigenvalue weighted by atomic mass is 35.5. The first-order chi connectivity index (χ1) is 10.1. The highest BCUT2D eigenvalue weighted by Crippen LogP contribution is 2.11. The Kier molecular flexibility index (Phi) is 5.31. The van der Waals surface area contributed by atoms with Gasteiger partial charge in [-0.05, 0) is 37.4 Å². The molecule has 0 aliphatic heterocycles. The van der Waals surface area contributed by atoms with E-state index in [-0.39, 0.29) is 5.91 Å². The van der Waals surface area contributed by atoms with E-state index in [9.17, 15) is 4.79 Å². The molecule has 21 heavy (non-hydrogen) atoms. The molecule has 0 aliphatic rings. The molecule has 0 aliphatic carbocycles. The van der Waals surface area contributed by atoms with Crippen molar-refractivity contribution in [2.75, 3.05) is 14.1 Å². The summed E-state index contributed by atoms with van der Waals surface area (Å²) in [6.07, 6.45) is 1.53. The van der Waals surface area contributed by atoms with Crippen LogP contribution in [-0.2, 0) is 13.1 Å². The van der Waals surface area contributed by atoms with E-state index in [0.717, 1.165) is 12.1 Å². The molecule has 0 bridgehead atoms. The molecule has 0 spiro atoms. The summed E-state index contributed by atoms with van der Waals surface area (Å²) in [6, 6.07) is 11.3. The molecule has 1 aromatic heterocycles. The number of hydrogen-bond acceptors (Lipinski definition) is 3. The summed E-state index contributed by atoms with van der Waals surface area (Å²) in [6.45, 7) is 1.33. The van der Waals surface area contributed by atoms with Crippen molar-refractivity contribution < 1.29 is 4.79 Å². The largest absolute Gasteiger partial charge is 0.348 e. The van der Waals surface area contributed by atoms with Crippen LogP contribution in [0.4, 0.5) is 0 Å². The van der Waals surface area contributed by atoms with Gasteiger partial charge in [-0.3, -0.25) is 4.79 Å². The molecule has 0 unspecified atom stereocenters. The fourth-order valence-electron chi connectivity index (χ4n) is 2.05. The Balaban J connectivity index is 2.04. The summed E-state index contributed by atoms with van der Waals surface area (Å²) >= 11 is 5.79. The Labute approximate surface area is 129 Å². The molecule has 1 N–H and O–H groups in total. The van der Waals surface area contributed by atoms with Gasteiger partial charge in [0, 0.05) is 24.8 Å². The molecule has 1 amide bonds. The van der Waals surface area contributed by atoms with E-state index in [2.05, 4.69) is 21.3 Å². The van der Waals surface area contributed by atoms with Crippen LogP contribution >= 0.6 is 11.6 Å². The van der Waals surface area contributed by atoms with Crippen LogP contribution in [0.2, 0.25) is 5.15 Å². The van der Waals surface area contributed by atoms with Crippen molar-refractivity contribution >= 4 is 17.5 Å². The molecule has 1 aromatic carbocycles. The molecule has 2 aromatic rings. The molecule has 110 valence electrons. The van der Waals surface area contributed by atoms with Crippen molar-refractivity contribution in [3.05, 3.63) is 64.4 Å². The number of nitrogens with one attached hydrogen (secondary N) is 1. The lowest BCUT2D eigenvalue weighted by molar-refractivity contribution is 0.0950. The third-order valence-electron chi connectivity index (χ3n) is 3.03. The average Bonchev–Trinajstić information content (AvgIpc) is 2.45. The minimum Gasteiger partial charge on any atom is -0.348 e. The van der Waals surface area contributed by atoms with Gasteiger partial charge in [-0.2, -0.15) is 0 Å². The first kappa shape index (κ1) is 15.5. The van der Waals surface area contributed by atoms with Gasteiger partial charge in [0.25, 0.3) is 5.91 Å². The summed E-state index contributed by atoms with van der Waals surface area (Å²) < 4.78 is 0. The van der Waals surface area contributed by atoms with Gasteiger partial charge >= 0.3 is 0 Å². The molecule has 0 saturated heterocycles. The van der Waals surface area contributed by atoms with E-state index < -0.39 is 0 Å². The number of pyridine rings is 1. The molecule has 0 fully saturated rings. The third-order valence-corrected chi connectivity index (χ3v) is 3.24. The number of rotatable bonds is 5. The molecule has 0 saturated carbocycles. The number of nitrogens with zero attached hydrogens (tertiary/aromatic N) is 2. The van der Waals surface area contributed by atoms with Crippen molar-refractivity contribution in [2.45, 2.75) is 13.1 Å². The molecule has 0 atom stereocenters. The Morgan fingerprint density at radius 1 is 1.24 bits per heavy atom. The molecule has 4 nitrogen and oxygen atoms in total. The average molecular weight is 304 g/mol. The number of hydrogen-bond donors (Lipinski definition) is 1. The van der Waals surface area contributed by atoms with Gasteiger partial charge in [0.05, 0.1) is 0 Å². The van der Waals surface area contributed by atoms with Crippen LogP contribution in [0.3, 0.4) is 0 Å². The number of carbonyl (C=O) groups is 1. The van der Waals surface area contributed by atoms with Crippen LogP contribution in [0, 0.1) is 0 Å².